The van der Waals surface area contributed by atoms with Gasteiger partial charge < -0.3 is 14.7 Å². The van der Waals surface area contributed by atoms with Crippen LogP contribution in [0.1, 0.15) is 68.7 Å². The minimum atomic E-state index is -0.282. The highest BCUT2D eigenvalue weighted by Gasteiger charge is 2.45. The number of fused-ring (bicyclic) bond motifs is 1. The first-order chi connectivity index (χ1) is 18.2. The molecule has 8 heteroatoms. The molecule has 5 rings (SSSR count). The van der Waals surface area contributed by atoms with Gasteiger partial charge in [0.15, 0.2) is 0 Å². The molecular formula is C29H35N5O3. The van der Waals surface area contributed by atoms with Crippen LogP contribution in [0.15, 0.2) is 59.4 Å². The van der Waals surface area contributed by atoms with Crippen molar-refractivity contribution < 1.29 is 14.1 Å². The third-order valence-electron chi connectivity index (χ3n) is 7.62. The van der Waals surface area contributed by atoms with Crippen molar-refractivity contribution in [1.29, 1.82) is 0 Å². The molecular weight excluding hydrogens is 466 g/mol. The maximum absolute atomic E-state index is 13.6. The largest absolute Gasteiger partial charge is 0.356 e. The first-order valence-corrected chi connectivity index (χ1v) is 13.5. The predicted molar refractivity (Wildman–Crippen MR) is 139 cm³/mol. The third-order valence-corrected chi connectivity index (χ3v) is 7.62. The van der Waals surface area contributed by atoms with E-state index in [0.29, 0.717) is 44.1 Å². The van der Waals surface area contributed by atoms with E-state index in [4.69, 9.17) is 4.52 Å². The topological polar surface area (TPSA) is 101 Å². The summed E-state index contributed by atoms with van der Waals surface area (Å²) in [7, 11) is 0. The van der Waals surface area contributed by atoms with Crippen LogP contribution in [0.25, 0.3) is 11.4 Å². The third kappa shape index (κ3) is 6.24. The molecule has 1 aliphatic carbocycles. The zero-order valence-electron chi connectivity index (χ0n) is 21.2. The molecule has 1 N–H and O–H groups in total. The van der Waals surface area contributed by atoms with Gasteiger partial charge in [0.05, 0.1) is 5.92 Å². The number of hydrogen-bond donors (Lipinski definition) is 1. The van der Waals surface area contributed by atoms with E-state index in [-0.39, 0.29) is 29.7 Å². The van der Waals surface area contributed by atoms with Crippen LogP contribution in [0, 0.1) is 5.92 Å². The Hall–Kier alpha value is -3.55. The van der Waals surface area contributed by atoms with Crippen molar-refractivity contribution in [1.82, 2.24) is 25.3 Å². The summed E-state index contributed by atoms with van der Waals surface area (Å²) in [5.41, 5.74) is 2.03. The number of benzene rings is 1. The van der Waals surface area contributed by atoms with Crippen LogP contribution in [0.2, 0.25) is 0 Å². The van der Waals surface area contributed by atoms with E-state index in [1.165, 1.54) is 5.56 Å². The zero-order valence-corrected chi connectivity index (χ0v) is 21.2. The fraction of sp³-hybridized carbons (Fsp3) is 0.483. The Kier molecular flexibility index (Phi) is 8.23. The monoisotopic (exact) mass is 501 g/mol. The van der Waals surface area contributed by atoms with Crippen LogP contribution in [0.5, 0.6) is 0 Å². The fourth-order valence-electron chi connectivity index (χ4n) is 5.67. The van der Waals surface area contributed by atoms with Crippen LogP contribution in [-0.4, -0.2) is 51.0 Å². The maximum atomic E-state index is 13.6. The van der Waals surface area contributed by atoms with Crippen molar-refractivity contribution in [3.05, 3.63) is 66.3 Å². The lowest BCUT2D eigenvalue weighted by atomic mass is 9.99. The van der Waals surface area contributed by atoms with Gasteiger partial charge in [-0.1, -0.05) is 48.3 Å². The normalized spacial score (nSPS) is 22.6. The highest BCUT2D eigenvalue weighted by atomic mass is 16.5. The molecule has 3 heterocycles. The summed E-state index contributed by atoms with van der Waals surface area (Å²) in [6.45, 7) is 1.37. The summed E-state index contributed by atoms with van der Waals surface area (Å²) in [4.78, 5) is 37.6. The molecule has 2 aromatic heterocycles. The molecule has 1 aliphatic heterocycles. The average Bonchev–Trinajstić information content (AvgIpc) is 3.59. The van der Waals surface area contributed by atoms with E-state index in [9.17, 15) is 9.59 Å². The van der Waals surface area contributed by atoms with Crippen LogP contribution in [0.3, 0.4) is 0 Å². The fourth-order valence-corrected chi connectivity index (χ4v) is 5.67. The van der Waals surface area contributed by atoms with E-state index in [1.807, 2.05) is 35.2 Å². The minimum Gasteiger partial charge on any atom is -0.356 e. The molecule has 3 atom stereocenters. The Morgan fingerprint density at radius 3 is 2.76 bits per heavy atom. The van der Waals surface area contributed by atoms with Gasteiger partial charge in [-0.25, -0.2) is 0 Å². The molecule has 0 bridgehead atoms. The first-order valence-electron chi connectivity index (χ1n) is 13.5. The van der Waals surface area contributed by atoms with Crippen molar-refractivity contribution in [3.8, 4) is 11.4 Å². The van der Waals surface area contributed by atoms with Crippen LogP contribution in [0.4, 0.5) is 0 Å². The highest BCUT2D eigenvalue weighted by molar-refractivity contribution is 5.82. The molecule has 1 saturated carbocycles. The second-order valence-electron chi connectivity index (χ2n) is 10.2. The van der Waals surface area contributed by atoms with Gasteiger partial charge in [0.2, 0.25) is 23.5 Å². The number of rotatable bonds is 6. The molecule has 8 nitrogen and oxygen atoms in total. The quantitative estimate of drug-likeness (QED) is 0.532. The van der Waals surface area contributed by atoms with Crippen molar-refractivity contribution in [2.75, 3.05) is 13.1 Å². The summed E-state index contributed by atoms with van der Waals surface area (Å²) < 4.78 is 5.66. The lowest BCUT2D eigenvalue weighted by molar-refractivity contribution is -0.136. The minimum absolute atomic E-state index is 0.0310. The summed E-state index contributed by atoms with van der Waals surface area (Å²) >= 11 is 0. The van der Waals surface area contributed by atoms with Gasteiger partial charge in [-0.15, -0.1) is 0 Å². The Morgan fingerprint density at radius 1 is 1.05 bits per heavy atom. The molecule has 2 aliphatic rings. The maximum Gasteiger partial charge on any atom is 0.230 e. The first kappa shape index (κ1) is 25.1. The summed E-state index contributed by atoms with van der Waals surface area (Å²) in [5, 5.41) is 7.29. The number of aryl methyl sites for hydroxylation is 1. The molecule has 194 valence electrons. The molecule has 0 radical (unpaired) electrons. The molecule has 2 fully saturated rings. The summed E-state index contributed by atoms with van der Waals surface area (Å²) in [6.07, 6.45) is 10.9. The summed E-state index contributed by atoms with van der Waals surface area (Å²) in [5.74, 6) is 0.846. The predicted octanol–water partition coefficient (Wildman–Crippen LogP) is 4.54. The number of carbonyl (C=O) groups is 2. The highest BCUT2D eigenvalue weighted by Crippen LogP contribution is 2.41. The van der Waals surface area contributed by atoms with Crippen molar-refractivity contribution in [2.45, 2.75) is 69.7 Å². The Labute approximate surface area is 217 Å². The SMILES string of the molecule is O=C1NCCCCCCN(C(=O)CCCc2ccccc2)[C@H]2C[C@H](c3nc(-c4cccnc4)no3)C[C@@H]12. The number of nitrogens with zero attached hydrogens (tertiary/aromatic N) is 4. The van der Waals surface area contributed by atoms with E-state index >= 15 is 0 Å². The molecule has 1 aromatic carbocycles. The van der Waals surface area contributed by atoms with Gasteiger partial charge in [0, 0.05) is 49.4 Å². The molecule has 0 spiro atoms. The van der Waals surface area contributed by atoms with E-state index in [0.717, 1.165) is 44.1 Å². The molecule has 1 saturated heterocycles. The van der Waals surface area contributed by atoms with Crippen LogP contribution < -0.4 is 5.32 Å². The smallest absolute Gasteiger partial charge is 0.230 e. The van der Waals surface area contributed by atoms with Gasteiger partial charge >= 0.3 is 0 Å². The van der Waals surface area contributed by atoms with Crippen LogP contribution in [-0.2, 0) is 16.0 Å². The van der Waals surface area contributed by atoms with E-state index in [1.54, 1.807) is 12.4 Å². The number of pyridine rings is 1. The van der Waals surface area contributed by atoms with Gasteiger partial charge in [0.1, 0.15) is 0 Å². The molecule has 37 heavy (non-hydrogen) atoms. The van der Waals surface area contributed by atoms with Gasteiger partial charge in [0.25, 0.3) is 0 Å². The number of nitrogens with one attached hydrogen (secondary N) is 1. The number of carbonyl (C=O) groups excluding carboxylic acids is 2. The van der Waals surface area contributed by atoms with E-state index in [2.05, 4.69) is 32.6 Å². The molecule has 2 amide bonds. The molecule has 0 unspecified atom stereocenters. The number of amides is 2. The second kappa shape index (κ2) is 12.1. The Balaban J connectivity index is 1.33. The Bertz CT molecular complexity index is 1170. The van der Waals surface area contributed by atoms with Crippen molar-refractivity contribution >= 4 is 11.8 Å². The molecule has 3 aromatic rings. The summed E-state index contributed by atoms with van der Waals surface area (Å²) in [6, 6.07) is 13.8. The second-order valence-corrected chi connectivity index (χ2v) is 10.2. The van der Waals surface area contributed by atoms with Gasteiger partial charge in [-0.05, 0) is 56.2 Å². The lowest BCUT2D eigenvalue weighted by Crippen LogP contribution is -2.47. The van der Waals surface area contributed by atoms with Crippen molar-refractivity contribution in [2.24, 2.45) is 5.92 Å². The average molecular weight is 502 g/mol. The van der Waals surface area contributed by atoms with E-state index < -0.39 is 0 Å². The van der Waals surface area contributed by atoms with Gasteiger partial charge in [-0.3, -0.25) is 14.6 Å². The van der Waals surface area contributed by atoms with Crippen molar-refractivity contribution in [3.63, 3.8) is 0 Å². The standard InChI is InChI=1S/C29H35N5O3/c35-26(14-8-12-21-10-4-3-5-11-21)34-17-7-2-1-6-16-31-28(36)24-18-23(19-25(24)34)29-32-27(33-37-29)22-13-9-15-30-20-22/h3-5,9-11,13,15,20,23-25H,1-2,6-8,12,14,16-19H2,(H,31,36)/t23-,24-,25+/m1/s1. The Morgan fingerprint density at radius 2 is 1.92 bits per heavy atom. The zero-order chi connectivity index (χ0) is 25.5. The number of aromatic nitrogens is 3. The lowest BCUT2D eigenvalue weighted by Gasteiger charge is -2.33. The van der Waals surface area contributed by atoms with Gasteiger partial charge in [-0.2, -0.15) is 4.98 Å². The number of hydrogen-bond acceptors (Lipinski definition) is 6. The van der Waals surface area contributed by atoms with Crippen LogP contribution >= 0.6 is 0 Å².